The lowest BCUT2D eigenvalue weighted by Crippen LogP contribution is -2.55. The Bertz CT molecular complexity index is 593. The van der Waals surface area contributed by atoms with Crippen LogP contribution in [0, 0.1) is 11.3 Å². The molecule has 0 N–H and O–H groups in total. The molecule has 0 aromatic heterocycles. The molecular weight excluding hydrogens is 304 g/mol. The molecule has 3 atom stereocenters. The van der Waals surface area contributed by atoms with Crippen LogP contribution in [0.3, 0.4) is 0 Å². The van der Waals surface area contributed by atoms with Gasteiger partial charge in [0.2, 0.25) is 0 Å². The molecule has 3 unspecified atom stereocenters. The maximum Gasteiger partial charge on any atom is 0.169 e. The van der Waals surface area contributed by atoms with E-state index >= 15 is 0 Å². The summed E-state index contributed by atoms with van der Waals surface area (Å²) in [7, 11) is 0. The number of ketones is 1. The Balaban J connectivity index is 1.49. The predicted molar refractivity (Wildman–Crippen MR) is 89.3 cm³/mol. The van der Waals surface area contributed by atoms with Crippen LogP contribution in [0.1, 0.15) is 44.6 Å². The van der Waals surface area contributed by atoms with Gasteiger partial charge in [-0.05, 0) is 18.4 Å². The van der Waals surface area contributed by atoms with E-state index in [1.54, 1.807) is 0 Å². The monoisotopic (exact) mass is 330 g/mol. The topological polar surface area (TPSA) is 44.8 Å². The minimum Gasteiger partial charge on any atom is -0.373 e. The van der Waals surface area contributed by atoms with E-state index in [-0.39, 0.29) is 17.4 Å². The average molecular weight is 330 g/mol. The Hall–Kier alpha value is -1.23. The van der Waals surface area contributed by atoms with Gasteiger partial charge < -0.3 is 14.2 Å². The fourth-order valence-corrected chi connectivity index (χ4v) is 4.73. The smallest absolute Gasteiger partial charge is 0.169 e. The number of carbonyl (C=O) groups is 1. The van der Waals surface area contributed by atoms with Crippen molar-refractivity contribution in [2.24, 2.45) is 11.3 Å². The van der Waals surface area contributed by atoms with E-state index in [1.807, 2.05) is 18.2 Å². The van der Waals surface area contributed by atoms with Crippen LogP contribution in [0.5, 0.6) is 0 Å². The fraction of sp³-hybridized carbons (Fsp3) is 0.650. The highest BCUT2D eigenvalue weighted by molar-refractivity contribution is 5.83. The Morgan fingerprint density at radius 3 is 2.67 bits per heavy atom. The first-order valence-electron chi connectivity index (χ1n) is 9.08. The largest absolute Gasteiger partial charge is 0.373 e. The molecule has 4 nitrogen and oxygen atoms in total. The molecule has 4 rings (SSSR count). The maximum absolute atomic E-state index is 12.6. The lowest BCUT2D eigenvalue weighted by atomic mass is 9.57. The van der Waals surface area contributed by atoms with Gasteiger partial charge in [-0.1, -0.05) is 37.3 Å². The predicted octanol–water partition coefficient (Wildman–Crippen LogP) is 3.48. The van der Waals surface area contributed by atoms with E-state index in [9.17, 15) is 4.79 Å². The number of hydrogen-bond donors (Lipinski definition) is 0. The van der Waals surface area contributed by atoms with E-state index in [0.29, 0.717) is 38.4 Å². The van der Waals surface area contributed by atoms with Gasteiger partial charge in [-0.15, -0.1) is 0 Å². The molecule has 0 amide bonds. The van der Waals surface area contributed by atoms with Crippen LogP contribution in [0.4, 0.5) is 0 Å². The van der Waals surface area contributed by atoms with Gasteiger partial charge in [-0.3, -0.25) is 4.79 Å². The lowest BCUT2D eigenvalue weighted by molar-refractivity contribution is -0.226. The van der Waals surface area contributed by atoms with Crippen LogP contribution >= 0.6 is 0 Å². The SMILES string of the molecule is CC12CCC3(CC1C(=O)CCC2OCc1ccccc1)OCCO3. The zero-order valence-electron chi connectivity index (χ0n) is 14.3. The van der Waals surface area contributed by atoms with Gasteiger partial charge in [-0.25, -0.2) is 0 Å². The standard InChI is InChI=1S/C20H26O4/c1-19-9-10-20(23-11-12-24-20)13-16(19)17(21)7-8-18(19)22-14-15-5-3-2-4-6-15/h2-6,16,18H,7-14H2,1H3. The summed E-state index contributed by atoms with van der Waals surface area (Å²) in [5, 5.41) is 0. The molecule has 1 saturated heterocycles. The summed E-state index contributed by atoms with van der Waals surface area (Å²) < 4.78 is 18.1. The third-order valence-electron chi connectivity index (χ3n) is 6.24. The summed E-state index contributed by atoms with van der Waals surface area (Å²) in [6.45, 7) is 4.13. The molecule has 1 heterocycles. The van der Waals surface area contributed by atoms with Crippen LogP contribution in [-0.4, -0.2) is 30.9 Å². The normalized spacial score (nSPS) is 35.1. The summed E-state index contributed by atoms with van der Waals surface area (Å²) in [5.74, 6) is -0.171. The van der Waals surface area contributed by atoms with Crippen LogP contribution in [0.15, 0.2) is 30.3 Å². The quantitative estimate of drug-likeness (QED) is 0.851. The van der Waals surface area contributed by atoms with Gasteiger partial charge in [0.05, 0.1) is 25.9 Å². The first kappa shape index (κ1) is 16.2. The van der Waals surface area contributed by atoms with Crippen molar-refractivity contribution in [3.05, 3.63) is 35.9 Å². The van der Waals surface area contributed by atoms with Gasteiger partial charge in [0.1, 0.15) is 5.78 Å². The average Bonchev–Trinajstić information content (AvgIpc) is 3.05. The first-order chi connectivity index (χ1) is 11.6. The van der Waals surface area contributed by atoms with Crippen LogP contribution in [0.2, 0.25) is 0 Å². The third-order valence-corrected chi connectivity index (χ3v) is 6.24. The Morgan fingerprint density at radius 1 is 1.17 bits per heavy atom. The summed E-state index contributed by atoms with van der Waals surface area (Å²) in [6, 6.07) is 10.3. The second-order valence-electron chi connectivity index (χ2n) is 7.66. The van der Waals surface area contributed by atoms with Crippen molar-refractivity contribution in [1.82, 2.24) is 0 Å². The second-order valence-corrected chi connectivity index (χ2v) is 7.66. The molecular formula is C20H26O4. The Kier molecular flexibility index (Phi) is 4.23. The molecule has 24 heavy (non-hydrogen) atoms. The lowest BCUT2D eigenvalue weighted by Gasteiger charge is -2.52. The molecule has 2 aliphatic carbocycles. The Morgan fingerprint density at radius 2 is 1.92 bits per heavy atom. The first-order valence-corrected chi connectivity index (χ1v) is 9.08. The highest BCUT2D eigenvalue weighted by Crippen LogP contribution is 2.54. The summed E-state index contributed by atoms with van der Waals surface area (Å²) in [4.78, 5) is 12.6. The molecule has 3 aliphatic rings. The van der Waals surface area contributed by atoms with Crippen LogP contribution in [-0.2, 0) is 25.6 Å². The molecule has 0 bridgehead atoms. The van der Waals surface area contributed by atoms with Crippen molar-refractivity contribution in [3.8, 4) is 0 Å². The van der Waals surface area contributed by atoms with E-state index in [0.717, 1.165) is 19.3 Å². The summed E-state index contributed by atoms with van der Waals surface area (Å²) >= 11 is 0. The molecule has 0 radical (unpaired) electrons. The molecule has 1 aromatic rings. The molecule has 1 aromatic carbocycles. The maximum atomic E-state index is 12.6. The van der Waals surface area contributed by atoms with Crippen molar-refractivity contribution in [1.29, 1.82) is 0 Å². The van der Waals surface area contributed by atoms with Crippen molar-refractivity contribution < 1.29 is 19.0 Å². The van der Waals surface area contributed by atoms with Gasteiger partial charge in [0.15, 0.2) is 5.79 Å². The van der Waals surface area contributed by atoms with E-state index in [2.05, 4.69) is 19.1 Å². The molecule has 130 valence electrons. The summed E-state index contributed by atoms with van der Waals surface area (Å²) in [5.41, 5.74) is 1.08. The van der Waals surface area contributed by atoms with E-state index in [1.165, 1.54) is 5.56 Å². The Labute approximate surface area is 143 Å². The minimum atomic E-state index is -0.513. The number of rotatable bonds is 3. The zero-order chi connectivity index (χ0) is 16.6. The number of benzene rings is 1. The molecule has 1 aliphatic heterocycles. The van der Waals surface area contributed by atoms with Crippen molar-refractivity contribution in [3.63, 3.8) is 0 Å². The van der Waals surface area contributed by atoms with Gasteiger partial charge >= 0.3 is 0 Å². The van der Waals surface area contributed by atoms with Gasteiger partial charge in [-0.2, -0.15) is 0 Å². The van der Waals surface area contributed by atoms with E-state index < -0.39 is 5.79 Å². The number of hydrogen-bond acceptors (Lipinski definition) is 4. The summed E-state index contributed by atoms with van der Waals surface area (Å²) in [6.07, 6.45) is 4.03. The highest BCUT2D eigenvalue weighted by atomic mass is 16.7. The van der Waals surface area contributed by atoms with Crippen molar-refractivity contribution in [2.45, 2.75) is 57.5 Å². The second kappa shape index (κ2) is 6.25. The number of fused-ring (bicyclic) bond motifs is 1. The molecule has 3 fully saturated rings. The van der Waals surface area contributed by atoms with Crippen LogP contribution in [0.25, 0.3) is 0 Å². The molecule has 1 spiro atoms. The number of Topliss-reactive ketones (excluding diaryl/α,β-unsaturated/α-hetero) is 1. The van der Waals surface area contributed by atoms with Crippen molar-refractivity contribution in [2.75, 3.05) is 13.2 Å². The third kappa shape index (κ3) is 2.81. The van der Waals surface area contributed by atoms with E-state index in [4.69, 9.17) is 14.2 Å². The van der Waals surface area contributed by atoms with Gasteiger partial charge in [0, 0.05) is 30.6 Å². The van der Waals surface area contributed by atoms with Gasteiger partial charge in [0.25, 0.3) is 0 Å². The minimum absolute atomic E-state index is 0.0149. The molecule has 4 heteroatoms. The fourth-order valence-electron chi connectivity index (χ4n) is 4.73. The zero-order valence-corrected chi connectivity index (χ0v) is 14.3. The number of ether oxygens (including phenoxy) is 3. The number of carbonyl (C=O) groups excluding carboxylic acids is 1. The highest BCUT2D eigenvalue weighted by Gasteiger charge is 2.57. The molecule has 2 saturated carbocycles. The van der Waals surface area contributed by atoms with Crippen molar-refractivity contribution >= 4 is 5.78 Å². The van der Waals surface area contributed by atoms with Crippen LogP contribution < -0.4 is 0 Å².